The van der Waals surface area contributed by atoms with Crippen molar-refractivity contribution in [2.45, 2.75) is 127 Å². The van der Waals surface area contributed by atoms with Crippen LogP contribution in [0.1, 0.15) is 128 Å². The topological polar surface area (TPSA) is 77.8 Å². The van der Waals surface area contributed by atoms with Crippen molar-refractivity contribution in [1.82, 2.24) is 0 Å². The summed E-state index contributed by atoms with van der Waals surface area (Å²) in [5.74, 6) is 1.32. The zero-order valence-electron chi connectivity index (χ0n) is 24.4. The molecule has 2 aromatic rings. The van der Waals surface area contributed by atoms with Crippen molar-refractivity contribution in [1.29, 1.82) is 0 Å². The van der Waals surface area contributed by atoms with Crippen LogP contribution in [-0.2, 0) is 10.2 Å². The monoisotopic (exact) mass is 554 g/mol. The van der Waals surface area contributed by atoms with Crippen LogP contribution in [0, 0.1) is 5.41 Å². The van der Waals surface area contributed by atoms with Crippen molar-refractivity contribution in [2.24, 2.45) is 5.41 Å². The minimum Gasteiger partial charge on any atom is -0.508 e. The molecule has 39 heavy (non-hydrogen) atoms. The van der Waals surface area contributed by atoms with Gasteiger partial charge < -0.3 is 15.3 Å². The first-order valence-electron chi connectivity index (χ1n) is 15.2. The maximum Gasteiger partial charge on any atom is 0.309 e. The fourth-order valence-electron chi connectivity index (χ4n) is 6.46. The van der Waals surface area contributed by atoms with Gasteiger partial charge in [-0.1, -0.05) is 103 Å². The molecule has 3 atom stereocenters. The number of phenolic OH excluding ortho intramolecular Hbond substituents is 2. The van der Waals surface area contributed by atoms with Crippen LogP contribution in [0.2, 0.25) is 0 Å². The lowest BCUT2D eigenvalue weighted by molar-refractivity contribution is -0.150. The maximum atomic E-state index is 12.1. The van der Waals surface area contributed by atoms with E-state index in [0.717, 1.165) is 70.0 Å². The van der Waals surface area contributed by atoms with Crippen molar-refractivity contribution >= 4 is 17.7 Å². The number of hydrogen-bond acceptors (Lipinski definition) is 4. The number of hydrogen-bond donors (Lipinski definition) is 3. The summed E-state index contributed by atoms with van der Waals surface area (Å²) in [6.45, 7) is 6.58. The molecular weight excluding hydrogens is 504 g/mol. The number of benzene rings is 2. The fraction of sp³-hybridized carbons (Fsp3) is 0.618. The number of thioether (sulfide) groups is 1. The quantitative estimate of drug-likeness (QED) is 0.170. The van der Waals surface area contributed by atoms with E-state index in [9.17, 15) is 20.1 Å². The molecule has 1 heterocycles. The molecule has 0 saturated heterocycles. The van der Waals surface area contributed by atoms with Crippen molar-refractivity contribution in [3.05, 3.63) is 53.6 Å². The van der Waals surface area contributed by atoms with Crippen LogP contribution in [0.3, 0.4) is 0 Å². The highest BCUT2D eigenvalue weighted by molar-refractivity contribution is 7.99. The smallest absolute Gasteiger partial charge is 0.309 e. The molecule has 2 aromatic carbocycles. The van der Waals surface area contributed by atoms with E-state index in [2.05, 4.69) is 32.0 Å². The molecule has 0 spiro atoms. The lowest BCUT2D eigenvalue weighted by Crippen LogP contribution is -2.36. The van der Waals surface area contributed by atoms with Crippen molar-refractivity contribution in [3.63, 3.8) is 0 Å². The largest absolute Gasteiger partial charge is 0.508 e. The Kier molecular flexibility index (Phi) is 12.1. The first-order chi connectivity index (χ1) is 18.8. The Morgan fingerprint density at radius 1 is 0.872 bits per heavy atom. The minimum atomic E-state index is -0.600. The van der Waals surface area contributed by atoms with Crippen molar-refractivity contribution < 1.29 is 20.1 Å². The van der Waals surface area contributed by atoms with E-state index >= 15 is 0 Å². The zero-order valence-corrected chi connectivity index (χ0v) is 25.2. The van der Waals surface area contributed by atoms with E-state index in [1.807, 2.05) is 30.8 Å². The van der Waals surface area contributed by atoms with Gasteiger partial charge in [-0.2, -0.15) is 0 Å². The van der Waals surface area contributed by atoms with Gasteiger partial charge in [-0.3, -0.25) is 4.79 Å². The molecule has 4 nitrogen and oxygen atoms in total. The maximum absolute atomic E-state index is 12.1. The second-order valence-electron chi connectivity index (χ2n) is 11.9. The third-order valence-electron chi connectivity index (χ3n) is 9.23. The van der Waals surface area contributed by atoms with Gasteiger partial charge in [0.25, 0.3) is 0 Å². The van der Waals surface area contributed by atoms with Gasteiger partial charge in [-0.25, -0.2) is 0 Å². The second kappa shape index (κ2) is 15.0. The number of unbranched alkanes of at least 4 members (excludes halogenated alkanes) is 8. The molecule has 0 fully saturated rings. The Morgan fingerprint density at radius 3 is 2.08 bits per heavy atom. The Labute approximate surface area is 240 Å². The molecule has 0 bridgehead atoms. The van der Waals surface area contributed by atoms with Gasteiger partial charge in [-0.05, 0) is 67.0 Å². The highest BCUT2D eigenvalue weighted by Gasteiger charge is 2.41. The van der Waals surface area contributed by atoms with Gasteiger partial charge in [0.2, 0.25) is 0 Å². The summed E-state index contributed by atoms with van der Waals surface area (Å²) in [4.78, 5) is 13.3. The SMILES string of the molecule is CCCCCCC(CC)(CCCCCCCC[C@@H]1c2ccc(O)cc2SC[C@]1(C)c1ccc(O)cc1)C(=O)O. The normalized spacial score (nSPS) is 20.3. The molecule has 0 aliphatic carbocycles. The Hall–Kier alpha value is -2.14. The van der Waals surface area contributed by atoms with Crippen LogP contribution < -0.4 is 0 Å². The van der Waals surface area contributed by atoms with E-state index in [1.165, 1.54) is 41.7 Å². The molecule has 3 N–H and O–H groups in total. The number of rotatable bonds is 17. The van der Waals surface area contributed by atoms with Crippen LogP contribution in [0.25, 0.3) is 0 Å². The van der Waals surface area contributed by atoms with E-state index < -0.39 is 11.4 Å². The van der Waals surface area contributed by atoms with E-state index in [-0.39, 0.29) is 5.41 Å². The third kappa shape index (κ3) is 8.19. The molecule has 3 rings (SSSR count). The second-order valence-corrected chi connectivity index (χ2v) is 13.0. The Morgan fingerprint density at radius 2 is 1.46 bits per heavy atom. The molecule has 1 aliphatic rings. The molecular formula is C34H50O4S. The highest BCUT2D eigenvalue weighted by atomic mass is 32.2. The predicted molar refractivity (Wildman–Crippen MR) is 163 cm³/mol. The zero-order chi connectivity index (χ0) is 28.3. The Balaban J connectivity index is 1.51. The van der Waals surface area contributed by atoms with Gasteiger partial charge in [0.1, 0.15) is 11.5 Å². The van der Waals surface area contributed by atoms with Crippen LogP contribution in [0.5, 0.6) is 11.5 Å². The molecule has 1 aliphatic heterocycles. The molecule has 0 amide bonds. The molecule has 0 radical (unpaired) electrons. The first-order valence-corrected chi connectivity index (χ1v) is 16.2. The number of fused-ring (bicyclic) bond motifs is 1. The summed E-state index contributed by atoms with van der Waals surface area (Å²) in [7, 11) is 0. The summed E-state index contributed by atoms with van der Waals surface area (Å²) in [6.07, 6.45) is 14.8. The molecule has 1 unspecified atom stereocenters. The summed E-state index contributed by atoms with van der Waals surface area (Å²) in [6, 6.07) is 13.5. The van der Waals surface area contributed by atoms with Crippen LogP contribution in [-0.4, -0.2) is 27.0 Å². The summed E-state index contributed by atoms with van der Waals surface area (Å²) >= 11 is 1.81. The summed E-state index contributed by atoms with van der Waals surface area (Å²) in [5.41, 5.74) is 2.00. The van der Waals surface area contributed by atoms with Crippen molar-refractivity contribution in [3.8, 4) is 11.5 Å². The Bertz CT molecular complexity index is 1040. The molecule has 0 saturated carbocycles. The van der Waals surface area contributed by atoms with Gasteiger partial charge in [-0.15, -0.1) is 11.8 Å². The van der Waals surface area contributed by atoms with Gasteiger partial charge in [0.05, 0.1) is 5.41 Å². The lowest BCUT2D eigenvalue weighted by atomic mass is 9.68. The third-order valence-corrected chi connectivity index (χ3v) is 10.6. The number of carboxylic acid groups (broad SMARTS) is 1. The van der Waals surface area contributed by atoms with Crippen LogP contribution >= 0.6 is 11.8 Å². The number of carboxylic acids is 1. The first kappa shape index (κ1) is 31.4. The predicted octanol–water partition coefficient (Wildman–Crippen LogP) is 9.82. The fourth-order valence-corrected chi connectivity index (χ4v) is 7.87. The average Bonchev–Trinajstić information content (AvgIpc) is 2.92. The van der Waals surface area contributed by atoms with E-state index in [4.69, 9.17) is 0 Å². The van der Waals surface area contributed by atoms with Gasteiger partial charge in [0.15, 0.2) is 0 Å². The minimum absolute atomic E-state index is 0.0419. The number of carbonyl (C=O) groups is 1. The molecule has 5 heteroatoms. The highest BCUT2D eigenvalue weighted by Crippen LogP contribution is 2.52. The average molecular weight is 555 g/mol. The molecule has 0 aromatic heterocycles. The standard InChI is InChI=1S/C34H50O4S/c1-4-6-7-13-22-34(5-2,32(37)38)23-14-11-9-8-10-12-15-30-29-21-20-28(36)24-31(29)39-25-33(30,3)26-16-18-27(35)19-17-26/h16-21,24,30,35-36H,4-15,22-23,25H2,1-3H3,(H,37,38)/t30-,33-,34?/m1/s1. The summed E-state index contributed by atoms with van der Waals surface area (Å²) in [5, 5.41) is 29.9. The number of aliphatic carboxylic acids is 1. The van der Waals surface area contributed by atoms with Crippen LogP contribution in [0.15, 0.2) is 47.4 Å². The lowest BCUT2D eigenvalue weighted by Gasteiger charge is -2.43. The summed E-state index contributed by atoms with van der Waals surface area (Å²) < 4.78 is 0. The number of phenols is 2. The molecule has 216 valence electrons. The van der Waals surface area contributed by atoms with Crippen molar-refractivity contribution in [2.75, 3.05) is 5.75 Å². The van der Waals surface area contributed by atoms with Gasteiger partial charge >= 0.3 is 5.97 Å². The number of aromatic hydroxyl groups is 2. The van der Waals surface area contributed by atoms with E-state index in [0.29, 0.717) is 17.4 Å². The van der Waals surface area contributed by atoms with Gasteiger partial charge in [0, 0.05) is 16.1 Å². The van der Waals surface area contributed by atoms with Crippen LogP contribution in [0.4, 0.5) is 0 Å². The van der Waals surface area contributed by atoms with E-state index in [1.54, 1.807) is 12.1 Å².